The second-order valence-corrected chi connectivity index (χ2v) is 5.10. The van der Waals surface area contributed by atoms with Crippen molar-refractivity contribution in [3.63, 3.8) is 0 Å². The molecule has 3 heterocycles. The number of fused-ring (bicyclic) bond motifs is 1. The summed E-state index contributed by atoms with van der Waals surface area (Å²) < 4.78 is 8.61. The molecule has 1 amide bonds. The molecule has 2 unspecified atom stereocenters. The maximum atomic E-state index is 11.4. The fourth-order valence-electron chi connectivity index (χ4n) is 2.64. The lowest BCUT2D eigenvalue weighted by molar-refractivity contribution is 0.167. The third-order valence-corrected chi connectivity index (χ3v) is 3.54. The van der Waals surface area contributed by atoms with Crippen LogP contribution in [0.2, 0.25) is 0 Å². The number of rotatable bonds is 3. The zero-order valence-electron chi connectivity index (χ0n) is 12.1. The standard InChI is InChI=1S/C13H18N6O2/c1-3-21-13(20)16-12-15-11-9(2)7-10(8-19(11)17-12)18-6-4-5-14-18/h4-6,9-10H,3,7-8H2,1-2H3,(H,16,17,20). The van der Waals surface area contributed by atoms with Crippen molar-refractivity contribution >= 4 is 12.0 Å². The molecule has 0 radical (unpaired) electrons. The molecule has 8 nitrogen and oxygen atoms in total. The summed E-state index contributed by atoms with van der Waals surface area (Å²) in [4.78, 5) is 15.8. The number of hydrogen-bond acceptors (Lipinski definition) is 5. The van der Waals surface area contributed by atoms with Gasteiger partial charge in [-0.05, 0) is 19.4 Å². The van der Waals surface area contributed by atoms with Gasteiger partial charge in [0.15, 0.2) is 0 Å². The Morgan fingerprint density at radius 3 is 3.14 bits per heavy atom. The quantitative estimate of drug-likeness (QED) is 0.931. The van der Waals surface area contributed by atoms with Gasteiger partial charge in [0, 0.05) is 18.3 Å². The van der Waals surface area contributed by atoms with Crippen molar-refractivity contribution in [2.75, 3.05) is 11.9 Å². The molecule has 0 aromatic carbocycles. The molecule has 8 heteroatoms. The van der Waals surface area contributed by atoms with Crippen LogP contribution in [0.5, 0.6) is 0 Å². The highest BCUT2D eigenvalue weighted by Gasteiger charge is 2.29. The number of carbonyl (C=O) groups is 1. The van der Waals surface area contributed by atoms with E-state index in [1.54, 1.807) is 13.1 Å². The molecule has 0 spiro atoms. The van der Waals surface area contributed by atoms with Crippen LogP contribution in [0.25, 0.3) is 0 Å². The van der Waals surface area contributed by atoms with Gasteiger partial charge in [-0.15, -0.1) is 5.10 Å². The first-order chi connectivity index (χ1) is 10.2. The Bertz CT molecular complexity index is 621. The average Bonchev–Trinajstić information content (AvgIpc) is 3.07. The van der Waals surface area contributed by atoms with E-state index in [-0.39, 0.29) is 17.9 Å². The Morgan fingerprint density at radius 1 is 1.57 bits per heavy atom. The first-order valence-corrected chi connectivity index (χ1v) is 7.05. The number of aromatic nitrogens is 5. The minimum Gasteiger partial charge on any atom is -0.450 e. The van der Waals surface area contributed by atoms with E-state index < -0.39 is 6.09 Å². The Balaban J connectivity index is 1.78. The molecule has 0 saturated heterocycles. The topological polar surface area (TPSA) is 86.9 Å². The number of hydrogen-bond donors (Lipinski definition) is 1. The van der Waals surface area contributed by atoms with Gasteiger partial charge in [0.1, 0.15) is 5.82 Å². The lowest BCUT2D eigenvalue weighted by Crippen LogP contribution is -2.26. The van der Waals surface area contributed by atoms with E-state index >= 15 is 0 Å². The summed E-state index contributed by atoms with van der Waals surface area (Å²) in [6.07, 6.45) is 4.14. The van der Waals surface area contributed by atoms with E-state index in [0.717, 1.165) is 12.2 Å². The van der Waals surface area contributed by atoms with Gasteiger partial charge in [-0.1, -0.05) is 6.92 Å². The third-order valence-electron chi connectivity index (χ3n) is 3.54. The molecule has 0 fully saturated rings. The molecule has 1 aliphatic rings. The second kappa shape index (κ2) is 5.55. The van der Waals surface area contributed by atoms with Gasteiger partial charge in [0.2, 0.25) is 0 Å². The zero-order valence-corrected chi connectivity index (χ0v) is 12.1. The van der Waals surface area contributed by atoms with Crippen molar-refractivity contribution in [2.24, 2.45) is 0 Å². The maximum absolute atomic E-state index is 11.4. The molecule has 0 saturated carbocycles. The monoisotopic (exact) mass is 290 g/mol. The summed E-state index contributed by atoms with van der Waals surface area (Å²) in [5.41, 5.74) is 0. The molecule has 0 aliphatic carbocycles. The van der Waals surface area contributed by atoms with Crippen molar-refractivity contribution in [1.29, 1.82) is 0 Å². The lowest BCUT2D eigenvalue weighted by Gasteiger charge is -2.27. The molecular weight excluding hydrogens is 272 g/mol. The van der Waals surface area contributed by atoms with E-state index in [1.807, 2.05) is 21.6 Å². The molecular formula is C13H18N6O2. The van der Waals surface area contributed by atoms with Crippen LogP contribution in [0.3, 0.4) is 0 Å². The van der Waals surface area contributed by atoms with Crippen LogP contribution in [0.1, 0.15) is 38.1 Å². The first-order valence-electron chi connectivity index (χ1n) is 7.05. The molecule has 1 N–H and O–H groups in total. The van der Waals surface area contributed by atoms with Gasteiger partial charge in [-0.3, -0.25) is 10.00 Å². The molecule has 1 aliphatic heterocycles. The number of nitrogens with zero attached hydrogens (tertiary/aromatic N) is 5. The number of anilines is 1. The summed E-state index contributed by atoms with van der Waals surface area (Å²) in [5.74, 6) is 1.42. The lowest BCUT2D eigenvalue weighted by atomic mass is 9.97. The molecule has 21 heavy (non-hydrogen) atoms. The fraction of sp³-hybridized carbons (Fsp3) is 0.538. The fourth-order valence-corrected chi connectivity index (χ4v) is 2.64. The van der Waals surface area contributed by atoms with E-state index in [2.05, 4.69) is 27.4 Å². The highest BCUT2D eigenvalue weighted by atomic mass is 16.5. The number of nitrogens with one attached hydrogen (secondary N) is 1. The van der Waals surface area contributed by atoms with Crippen molar-refractivity contribution in [2.45, 2.75) is 38.8 Å². The summed E-state index contributed by atoms with van der Waals surface area (Å²) >= 11 is 0. The van der Waals surface area contributed by atoms with Crippen LogP contribution in [-0.4, -0.2) is 37.2 Å². The zero-order chi connectivity index (χ0) is 14.8. The van der Waals surface area contributed by atoms with Crippen molar-refractivity contribution in [3.05, 3.63) is 24.3 Å². The molecule has 2 aromatic rings. The summed E-state index contributed by atoms with van der Waals surface area (Å²) in [6, 6.07) is 2.16. The number of ether oxygens (including phenoxy) is 1. The van der Waals surface area contributed by atoms with Crippen LogP contribution in [0.15, 0.2) is 18.5 Å². The Labute approximate surface area is 122 Å². The van der Waals surface area contributed by atoms with E-state index in [4.69, 9.17) is 4.74 Å². The maximum Gasteiger partial charge on any atom is 0.414 e. The average molecular weight is 290 g/mol. The van der Waals surface area contributed by atoms with E-state index in [9.17, 15) is 4.79 Å². The molecule has 2 aromatic heterocycles. The minimum atomic E-state index is -0.531. The number of amides is 1. The van der Waals surface area contributed by atoms with Gasteiger partial charge in [-0.2, -0.15) is 10.1 Å². The van der Waals surface area contributed by atoms with Crippen LogP contribution in [-0.2, 0) is 11.3 Å². The summed E-state index contributed by atoms with van der Waals surface area (Å²) in [6.45, 7) is 4.86. The molecule has 2 atom stereocenters. The van der Waals surface area contributed by atoms with Crippen LogP contribution < -0.4 is 5.32 Å². The highest BCUT2D eigenvalue weighted by Crippen LogP contribution is 2.31. The number of carbonyl (C=O) groups excluding carboxylic acids is 1. The third kappa shape index (κ3) is 2.74. The first kappa shape index (κ1) is 13.6. The Kier molecular flexibility index (Phi) is 3.59. The molecule has 112 valence electrons. The summed E-state index contributed by atoms with van der Waals surface area (Å²) in [5, 5.41) is 11.2. The van der Waals surface area contributed by atoms with Gasteiger partial charge < -0.3 is 4.74 Å². The largest absolute Gasteiger partial charge is 0.450 e. The van der Waals surface area contributed by atoms with E-state index in [0.29, 0.717) is 13.2 Å². The van der Waals surface area contributed by atoms with Gasteiger partial charge in [0.05, 0.1) is 19.2 Å². The second-order valence-electron chi connectivity index (χ2n) is 5.10. The SMILES string of the molecule is CCOC(=O)Nc1nc2n(n1)CC(n1cccn1)CC2C. The normalized spacial score (nSPS) is 20.9. The predicted octanol–water partition coefficient (Wildman–Crippen LogP) is 1.79. The van der Waals surface area contributed by atoms with Gasteiger partial charge in [-0.25, -0.2) is 9.48 Å². The van der Waals surface area contributed by atoms with Crippen molar-refractivity contribution in [1.82, 2.24) is 24.5 Å². The van der Waals surface area contributed by atoms with Crippen LogP contribution in [0.4, 0.5) is 10.7 Å². The highest BCUT2D eigenvalue weighted by molar-refractivity contribution is 5.82. The minimum absolute atomic E-state index is 0.248. The van der Waals surface area contributed by atoms with Gasteiger partial charge in [0.25, 0.3) is 5.95 Å². The predicted molar refractivity (Wildman–Crippen MR) is 75.0 cm³/mol. The van der Waals surface area contributed by atoms with Gasteiger partial charge >= 0.3 is 6.09 Å². The molecule has 3 rings (SSSR count). The smallest absolute Gasteiger partial charge is 0.414 e. The Morgan fingerprint density at radius 2 is 2.43 bits per heavy atom. The van der Waals surface area contributed by atoms with E-state index in [1.165, 1.54) is 0 Å². The van der Waals surface area contributed by atoms with Crippen LogP contribution >= 0.6 is 0 Å². The van der Waals surface area contributed by atoms with Crippen LogP contribution in [0, 0.1) is 0 Å². The Hall–Kier alpha value is -2.38. The summed E-state index contributed by atoms with van der Waals surface area (Å²) in [7, 11) is 0. The van der Waals surface area contributed by atoms with Crippen molar-refractivity contribution in [3.8, 4) is 0 Å². The molecule has 0 bridgehead atoms. The van der Waals surface area contributed by atoms with Crippen molar-refractivity contribution < 1.29 is 9.53 Å².